The van der Waals surface area contributed by atoms with Gasteiger partial charge in [0, 0.05) is 31.7 Å². The average molecular weight is 530 g/mol. The second-order valence-electron chi connectivity index (χ2n) is 8.68. The van der Waals surface area contributed by atoms with Gasteiger partial charge in [0.1, 0.15) is 0 Å². The van der Waals surface area contributed by atoms with Gasteiger partial charge in [0.25, 0.3) is 0 Å². The van der Waals surface area contributed by atoms with Crippen molar-refractivity contribution < 1.29 is 55.6 Å². The number of nitrogens with zero attached hydrogens (tertiary/aromatic N) is 2. The van der Waals surface area contributed by atoms with Crippen molar-refractivity contribution in [1.82, 2.24) is 9.88 Å². The van der Waals surface area contributed by atoms with E-state index in [9.17, 15) is 26.3 Å². The van der Waals surface area contributed by atoms with E-state index < -0.39 is 24.3 Å². The zero-order valence-corrected chi connectivity index (χ0v) is 19.2. The molecule has 1 unspecified atom stereocenters. The van der Waals surface area contributed by atoms with Crippen LogP contribution in [0.3, 0.4) is 0 Å². The van der Waals surface area contributed by atoms with Crippen LogP contribution in [0.4, 0.5) is 26.3 Å². The molecule has 0 radical (unpaired) electrons. The lowest BCUT2D eigenvalue weighted by Crippen LogP contribution is -2.50. The zero-order valence-electron chi connectivity index (χ0n) is 19.2. The van der Waals surface area contributed by atoms with Crippen LogP contribution in [-0.2, 0) is 25.7 Å². The maximum absolute atomic E-state index is 10.6. The Hall–Kier alpha value is -2.45. The molecule has 1 atom stereocenters. The Morgan fingerprint density at radius 2 is 1.61 bits per heavy atom. The third-order valence-corrected chi connectivity index (χ3v) is 6.15. The molecule has 1 saturated carbocycles. The third kappa shape index (κ3) is 9.54. The number of halogens is 6. The highest BCUT2D eigenvalue weighted by Gasteiger charge is 2.44. The number of pyridine rings is 1. The number of rotatable bonds is 4. The van der Waals surface area contributed by atoms with Gasteiger partial charge in [-0.2, -0.15) is 26.3 Å². The number of hydrogen-bond donors (Lipinski definition) is 2. The molecule has 0 aromatic carbocycles. The van der Waals surface area contributed by atoms with Crippen LogP contribution in [0, 0.1) is 0 Å². The molecule has 2 aliphatic heterocycles. The molecule has 0 bridgehead atoms. The molecule has 0 amide bonds. The molecule has 1 aromatic rings. The highest BCUT2D eigenvalue weighted by Crippen LogP contribution is 2.39. The van der Waals surface area contributed by atoms with Crippen molar-refractivity contribution in [2.24, 2.45) is 0 Å². The fourth-order valence-corrected chi connectivity index (χ4v) is 3.99. The minimum absolute atomic E-state index is 0.0923. The van der Waals surface area contributed by atoms with Crippen LogP contribution in [0.25, 0.3) is 0 Å². The van der Waals surface area contributed by atoms with Crippen LogP contribution in [0.1, 0.15) is 44.2 Å². The minimum atomic E-state index is -5.08. The van der Waals surface area contributed by atoms with E-state index in [-0.39, 0.29) is 11.7 Å². The first-order valence-corrected chi connectivity index (χ1v) is 11.2. The average Bonchev–Trinajstić information content (AvgIpc) is 3.16. The zero-order chi connectivity index (χ0) is 27.0. The topological polar surface area (TPSA) is 109 Å². The highest BCUT2D eigenvalue weighted by molar-refractivity contribution is 5.73. The molecule has 2 saturated heterocycles. The quantitative estimate of drug-likeness (QED) is 0.562. The van der Waals surface area contributed by atoms with Crippen LogP contribution in [0.5, 0.6) is 0 Å². The van der Waals surface area contributed by atoms with Gasteiger partial charge >= 0.3 is 24.3 Å². The second kappa shape index (κ2) is 12.7. The number of carboxylic acids is 2. The smallest absolute Gasteiger partial charge is 0.475 e. The molecule has 2 N–H and O–H groups in total. The highest BCUT2D eigenvalue weighted by atomic mass is 19.4. The van der Waals surface area contributed by atoms with Gasteiger partial charge in [-0.3, -0.25) is 4.98 Å². The van der Waals surface area contributed by atoms with E-state index in [1.54, 1.807) is 0 Å². The van der Waals surface area contributed by atoms with Crippen molar-refractivity contribution in [1.29, 1.82) is 0 Å². The van der Waals surface area contributed by atoms with Crippen molar-refractivity contribution in [2.75, 3.05) is 19.7 Å². The summed E-state index contributed by atoms with van der Waals surface area (Å²) in [5.41, 5.74) is 1.10. The van der Waals surface area contributed by atoms with E-state index in [4.69, 9.17) is 29.3 Å². The van der Waals surface area contributed by atoms with Crippen LogP contribution < -0.4 is 0 Å². The number of alkyl halides is 6. The predicted molar refractivity (Wildman–Crippen MR) is 112 cm³/mol. The molecule has 1 aliphatic carbocycles. The van der Waals surface area contributed by atoms with Crippen molar-refractivity contribution in [3.63, 3.8) is 0 Å². The standard InChI is InChI=1S/C18H26N2O2.2C2HF3O2/c1-2-9-19-15(4-1)13-21-17-12-18(22-14-17)7-10-20(11-8-18)16-5-3-6-16;2*3-2(4,5)1(6)7/h1-2,4,9,16-17H,3,5-8,10-14H2;2*(H,6,7). The van der Waals surface area contributed by atoms with Gasteiger partial charge in [-0.1, -0.05) is 12.5 Å². The summed E-state index contributed by atoms with van der Waals surface area (Å²) in [6, 6.07) is 6.83. The van der Waals surface area contributed by atoms with Gasteiger partial charge in [-0.05, 0) is 37.8 Å². The van der Waals surface area contributed by atoms with E-state index in [0.29, 0.717) is 6.61 Å². The van der Waals surface area contributed by atoms with E-state index in [2.05, 4.69) is 9.88 Å². The largest absolute Gasteiger partial charge is 0.490 e. The molecular weight excluding hydrogens is 502 g/mol. The first-order chi connectivity index (χ1) is 16.7. The summed E-state index contributed by atoms with van der Waals surface area (Å²) < 4.78 is 75.7. The Bertz CT molecular complexity index is 816. The van der Waals surface area contributed by atoms with Gasteiger partial charge in [0.05, 0.1) is 30.6 Å². The summed E-state index contributed by atoms with van der Waals surface area (Å²) in [5.74, 6) is -5.51. The van der Waals surface area contributed by atoms with Crippen molar-refractivity contribution in [3.8, 4) is 0 Å². The number of likely N-dealkylation sites (tertiary alicyclic amines) is 1. The lowest BCUT2D eigenvalue weighted by Gasteiger charge is -2.45. The molecule has 1 aromatic heterocycles. The summed E-state index contributed by atoms with van der Waals surface area (Å²) in [7, 11) is 0. The van der Waals surface area contributed by atoms with Gasteiger partial charge in [-0.15, -0.1) is 0 Å². The maximum atomic E-state index is 10.6. The summed E-state index contributed by atoms with van der Waals surface area (Å²) >= 11 is 0. The maximum Gasteiger partial charge on any atom is 0.490 e. The predicted octanol–water partition coefficient (Wildman–Crippen LogP) is 4.04. The number of hydrogen-bond acceptors (Lipinski definition) is 6. The fourth-order valence-electron chi connectivity index (χ4n) is 3.99. The van der Waals surface area contributed by atoms with Crippen LogP contribution >= 0.6 is 0 Å². The first-order valence-electron chi connectivity index (χ1n) is 11.2. The molecule has 3 aliphatic rings. The number of aromatic nitrogens is 1. The van der Waals surface area contributed by atoms with E-state index in [0.717, 1.165) is 24.8 Å². The van der Waals surface area contributed by atoms with Gasteiger partial charge in [-0.25, -0.2) is 9.59 Å². The Morgan fingerprint density at radius 1 is 1.06 bits per heavy atom. The summed E-state index contributed by atoms with van der Waals surface area (Å²) in [6.07, 6.45) is -0.475. The number of piperidine rings is 1. The molecular formula is C22H28F6N2O6. The Kier molecular flexibility index (Phi) is 10.5. The van der Waals surface area contributed by atoms with E-state index in [1.807, 2.05) is 24.4 Å². The van der Waals surface area contributed by atoms with Crippen molar-refractivity contribution in [2.45, 2.75) is 75.2 Å². The summed E-state index contributed by atoms with van der Waals surface area (Å²) in [4.78, 5) is 24.8. The van der Waals surface area contributed by atoms with E-state index in [1.165, 1.54) is 45.2 Å². The van der Waals surface area contributed by atoms with Gasteiger partial charge in [0.2, 0.25) is 0 Å². The Morgan fingerprint density at radius 3 is 2.03 bits per heavy atom. The van der Waals surface area contributed by atoms with Crippen LogP contribution in [-0.4, -0.2) is 81.8 Å². The SMILES string of the molecule is O=C(O)C(F)(F)F.O=C(O)C(F)(F)F.c1ccc(COC2COC3(CCN(C4CCC4)CC3)C2)nc1. The number of aliphatic carboxylic acids is 2. The molecule has 3 heterocycles. The number of carbonyl (C=O) groups is 2. The molecule has 204 valence electrons. The van der Waals surface area contributed by atoms with Gasteiger partial charge < -0.3 is 24.6 Å². The summed E-state index contributed by atoms with van der Waals surface area (Å²) in [6.45, 7) is 3.75. The molecule has 14 heteroatoms. The molecule has 3 fully saturated rings. The molecule has 36 heavy (non-hydrogen) atoms. The molecule has 1 spiro atoms. The third-order valence-electron chi connectivity index (χ3n) is 6.15. The fraction of sp³-hybridized carbons (Fsp3) is 0.682. The van der Waals surface area contributed by atoms with Gasteiger partial charge in [0.15, 0.2) is 0 Å². The first kappa shape index (κ1) is 29.8. The molecule has 4 rings (SSSR count). The lowest BCUT2D eigenvalue weighted by molar-refractivity contribution is -0.193. The number of carboxylic acid groups (broad SMARTS) is 2. The van der Waals surface area contributed by atoms with Crippen molar-refractivity contribution in [3.05, 3.63) is 30.1 Å². The second-order valence-corrected chi connectivity index (χ2v) is 8.68. The number of ether oxygens (including phenoxy) is 2. The Balaban J connectivity index is 0.000000271. The van der Waals surface area contributed by atoms with E-state index >= 15 is 0 Å². The molecule has 8 nitrogen and oxygen atoms in total. The van der Waals surface area contributed by atoms with Crippen LogP contribution in [0.2, 0.25) is 0 Å². The van der Waals surface area contributed by atoms with Crippen LogP contribution in [0.15, 0.2) is 24.4 Å². The summed E-state index contributed by atoms with van der Waals surface area (Å²) in [5, 5.41) is 14.2. The Labute approximate surface area is 203 Å². The lowest BCUT2D eigenvalue weighted by atomic mass is 9.84. The van der Waals surface area contributed by atoms with Crippen molar-refractivity contribution >= 4 is 11.9 Å². The monoisotopic (exact) mass is 530 g/mol. The minimum Gasteiger partial charge on any atom is -0.475 e. The normalized spacial score (nSPS) is 22.0.